The van der Waals surface area contributed by atoms with Crippen molar-refractivity contribution in [3.63, 3.8) is 0 Å². The van der Waals surface area contributed by atoms with Gasteiger partial charge in [0.25, 0.3) is 5.91 Å². The molecule has 1 N–H and O–H groups in total. The van der Waals surface area contributed by atoms with Crippen LogP contribution in [0.3, 0.4) is 0 Å². The SMILES string of the molecule is Cc1ccc(C(=O)NC2CCN(c3ccc(F)cc3)C2=O)cc1F. The Bertz CT molecular complexity index is 790. The van der Waals surface area contributed by atoms with E-state index in [2.05, 4.69) is 5.32 Å². The average Bonchev–Trinajstić information content (AvgIpc) is 2.92. The van der Waals surface area contributed by atoms with E-state index in [-0.39, 0.29) is 17.3 Å². The van der Waals surface area contributed by atoms with E-state index in [4.69, 9.17) is 0 Å². The summed E-state index contributed by atoms with van der Waals surface area (Å²) in [6, 6.07) is 9.12. The highest BCUT2D eigenvalue weighted by atomic mass is 19.1. The first-order chi connectivity index (χ1) is 11.5. The van der Waals surface area contributed by atoms with Crippen molar-refractivity contribution >= 4 is 17.5 Å². The van der Waals surface area contributed by atoms with Crippen molar-refractivity contribution in [1.29, 1.82) is 0 Å². The summed E-state index contributed by atoms with van der Waals surface area (Å²) in [4.78, 5) is 26.1. The summed E-state index contributed by atoms with van der Waals surface area (Å²) in [5.41, 5.74) is 1.21. The van der Waals surface area contributed by atoms with Gasteiger partial charge in [-0.3, -0.25) is 9.59 Å². The van der Waals surface area contributed by atoms with Crippen LogP contribution in [-0.4, -0.2) is 24.4 Å². The summed E-state index contributed by atoms with van der Waals surface area (Å²) < 4.78 is 26.5. The summed E-state index contributed by atoms with van der Waals surface area (Å²) in [5.74, 6) is -1.60. The molecule has 0 spiro atoms. The normalized spacial score (nSPS) is 17.2. The zero-order valence-corrected chi connectivity index (χ0v) is 13.1. The fraction of sp³-hybridized carbons (Fsp3) is 0.222. The topological polar surface area (TPSA) is 49.4 Å². The lowest BCUT2D eigenvalue weighted by atomic mass is 10.1. The van der Waals surface area contributed by atoms with Gasteiger partial charge in [0, 0.05) is 17.8 Å². The van der Waals surface area contributed by atoms with Gasteiger partial charge in [0.05, 0.1) is 0 Å². The van der Waals surface area contributed by atoms with Crippen LogP contribution in [0.25, 0.3) is 0 Å². The van der Waals surface area contributed by atoms with E-state index in [0.29, 0.717) is 24.2 Å². The van der Waals surface area contributed by atoms with E-state index in [9.17, 15) is 18.4 Å². The first-order valence-electron chi connectivity index (χ1n) is 7.59. The first-order valence-corrected chi connectivity index (χ1v) is 7.59. The molecular formula is C18H16F2N2O2. The second-order valence-electron chi connectivity index (χ2n) is 5.74. The number of nitrogens with one attached hydrogen (secondary N) is 1. The maximum Gasteiger partial charge on any atom is 0.252 e. The lowest BCUT2D eigenvalue weighted by molar-refractivity contribution is -0.118. The average molecular weight is 330 g/mol. The second-order valence-corrected chi connectivity index (χ2v) is 5.74. The van der Waals surface area contributed by atoms with Crippen LogP contribution in [0.5, 0.6) is 0 Å². The Morgan fingerprint density at radius 2 is 1.88 bits per heavy atom. The van der Waals surface area contributed by atoms with Crippen molar-refractivity contribution in [1.82, 2.24) is 5.32 Å². The molecular weight excluding hydrogens is 314 g/mol. The van der Waals surface area contributed by atoms with E-state index < -0.39 is 17.8 Å². The molecule has 1 unspecified atom stereocenters. The van der Waals surface area contributed by atoms with Gasteiger partial charge in [-0.2, -0.15) is 0 Å². The Kier molecular flexibility index (Phi) is 4.29. The predicted molar refractivity (Wildman–Crippen MR) is 85.8 cm³/mol. The van der Waals surface area contributed by atoms with Gasteiger partial charge in [-0.25, -0.2) is 8.78 Å². The number of hydrogen-bond donors (Lipinski definition) is 1. The first kappa shape index (κ1) is 16.1. The summed E-state index contributed by atoms with van der Waals surface area (Å²) in [6.07, 6.45) is 0.441. The Morgan fingerprint density at radius 3 is 2.54 bits per heavy atom. The molecule has 2 amide bonds. The summed E-state index contributed by atoms with van der Waals surface area (Å²) in [7, 11) is 0. The molecule has 1 fully saturated rings. The van der Waals surface area contributed by atoms with Crippen LogP contribution in [0.1, 0.15) is 22.3 Å². The minimum absolute atomic E-state index is 0.172. The van der Waals surface area contributed by atoms with Crippen LogP contribution >= 0.6 is 0 Å². The minimum atomic E-state index is -0.674. The van der Waals surface area contributed by atoms with Gasteiger partial charge in [-0.05, 0) is 55.3 Å². The van der Waals surface area contributed by atoms with E-state index in [0.717, 1.165) is 6.07 Å². The fourth-order valence-corrected chi connectivity index (χ4v) is 2.67. The lowest BCUT2D eigenvalue weighted by Gasteiger charge is -2.17. The molecule has 0 bridgehead atoms. The molecule has 3 rings (SSSR count). The molecule has 1 saturated heterocycles. The van der Waals surface area contributed by atoms with E-state index >= 15 is 0 Å². The standard InChI is InChI=1S/C18H16F2N2O2/c1-11-2-3-12(10-15(11)20)17(23)21-16-8-9-22(18(16)24)14-6-4-13(19)5-7-14/h2-7,10,16H,8-9H2,1H3,(H,21,23). The highest BCUT2D eigenvalue weighted by Crippen LogP contribution is 2.22. The molecule has 1 atom stereocenters. The Labute approximate surface area is 138 Å². The van der Waals surface area contributed by atoms with Crippen LogP contribution in [0.15, 0.2) is 42.5 Å². The third-order valence-corrected chi connectivity index (χ3v) is 4.08. The van der Waals surface area contributed by atoms with Crippen LogP contribution in [0.4, 0.5) is 14.5 Å². The lowest BCUT2D eigenvalue weighted by Crippen LogP contribution is -2.41. The Morgan fingerprint density at radius 1 is 1.17 bits per heavy atom. The molecule has 1 aliphatic rings. The van der Waals surface area contributed by atoms with Crippen molar-refractivity contribution in [2.24, 2.45) is 0 Å². The monoisotopic (exact) mass is 330 g/mol. The maximum absolute atomic E-state index is 13.6. The zero-order valence-electron chi connectivity index (χ0n) is 13.1. The third-order valence-electron chi connectivity index (χ3n) is 4.08. The summed E-state index contributed by atoms with van der Waals surface area (Å²) in [6.45, 7) is 2.04. The van der Waals surface area contributed by atoms with E-state index in [1.807, 2.05) is 0 Å². The maximum atomic E-state index is 13.6. The molecule has 6 heteroatoms. The second kappa shape index (κ2) is 6.39. The Hall–Kier alpha value is -2.76. The van der Waals surface area contributed by atoms with Crippen LogP contribution in [0, 0.1) is 18.6 Å². The van der Waals surface area contributed by atoms with Gasteiger partial charge in [0.2, 0.25) is 5.91 Å². The van der Waals surface area contributed by atoms with Gasteiger partial charge >= 0.3 is 0 Å². The minimum Gasteiger partial charge on any atom is -0.340 e. The number of benzene rings is 2. The van der Waals surface area contributed by atoms with Crippen molar-refractivity contribution in [2.45, 2.75) is 19.4 Å². The fourth-order valence-electron chi connectivity index (χ4n) is 2.67. The number of amides is 2. The highest BCUT2D eigenvalue weighted by Gasteiger charge is 2.33. The smallest absolute Gasteiger partial charge is 0.252 e. The molecule has 1 heterocycles. The molecule has 0 saturated carbocycles. The molecule has 0 aromatic heterocycles. The van der Waals surface area contributed by atoms with Gasteiger partial charge in [0.15, 0.2) is 0 Å². The number of hydrogen-bond acceptors (Lipinski definition) is 2. The number of aryl methyl sites for hydroxylation is 1. The number of halogens is 2. The van der Waals surface area contributed by atoms with Crippen molar-refractivity contribution in [3.8, 4) is 0 Å². The van der Waals surface area contributed by atoms with Gasteiger partial charge in [-0.15, -0.1) is 0 Å². The molecule has 0 aliphatic carbocycles. The van der Waals surface area contributed by atoms with Crippen molar-refractivity contribution in [2.75, 3.05) is 11.4 Å². The molecule has 0 radical (unpaired) electrons. The number of rotatable bonds is 3. The van der Waals surface area contributed by atoms with E-state index in [1.54, 1.807) is 6.92 Å². The number of carbonyl (C=O) groups excluding carboxylic acids is 2. The van der Waals surface area contributed by atoms with Gasteiger partial charge in [0.1, 0.15) is 17.7 Å². The van der Waals surface area contributed by atoms with Crippen molar-refractivity contribution < 1.29 is 18.4 Å². The molecule has 24 heavy (non-hydrogen) atoms. The molecule has 1 aliphatic heterocycles. The molecule has 124 valence electrons. The summed E-state index contributed by atoms with van der Waals surface area (Å²) >= 11 is 0. The molecule has 4 nitrogen and oxygen atoms in total. The third kappa shape index (κ3) is 3.13. The van der Waals surface area contributed by atoms with E-state index in [1.165, 1.54) is 41.3 Å². The van der Waals surface area contributed by atoms with Crippen LogP contribution in [-0.2, 0) is 4.79 Å². The largest absolute Gasteiger partial charge is 0.340 e. The molecule has 2 aromatic carbocycles. The number of anilines is 1. The summed E-state index contributed by atoms with van der Waals surface area (Å²) in [5, 5.41) is 2.63. The van der Waals surface area contributed by atoms with Crippen LogP contribution < -0.4 is 10.2 Å². The van der Waals surface area contributed by atoms with Crippen LogP contribution in [0.2, 0.25) is 0 Å². The predicted octanol–water partition coefficient (Wildman–Crippen LogP) is 2.81. The quantitative estimate of drug-likeness (QED) is 0.941. The highest BCUT2D eigenvalue weighted by molar-refractivity contribution is 6.03. The van der Waals surface area contributed by atoms with Gasteiger partial charge < -0.3 is 10.2 Å². The van der Waals surface area contributed by atoms with Crippen molar-refractivity contribution in [3.05, 3.63) is 65.2 Å². The van der Waals surface area contributed by atoms with Gasteiger partial charge in [-0.1, -0.05) is 6.07 Å². The number of carbonyl (C=O) groups is 2. The Balaban J connectivity index is 1.70. The number of nitrogens with zero attached hydrogens (tertiary/aromatic N) is 1. The molecule has 2 aromatic rings. The zero-order chi connectivity index (χ0) is 17.3.